The van der Waals surface area contributed by atoms with Crippen molar-refractivity contribution in [3.8, 4) is 0 Å². The van der Waals surface area contributed by atoms with Gasteiger partial charge in [-0.2, -0.15) is 0 Å². The Bertz CT molecular complexity index is 1210. The maximum Gasteiger partial charge on any atom is 0.215 e. The SMILES string of the molecule is Cc1nc(N2CCOC(C)(C)C2)c2[nH]c(N)c(S(=O)(=O)c3ccccc3F)c2n1. The maximum atomic E-state index is 14.3. The van der Waals surface area contributed by atoms with Crippen molar-refractivity contribution >= 4 is 32.5 Å². The van der Waals surface area contributed by atoms with Gasteiger partial charge >= 0.3 is 0 Å². The Hall–Kier alpha value is -2.72. The molecule has 3 heterocycles. The molecule has 3 aromatic rings. The molecule has 0 spiro atoms. The number of benzene rings is 1. The van der Waals surface area contributed by atoms with Gasteiger partial charge in [-0.25, -0.2) is 22.8 Å². The summed E-state index contributed by atoms with van der Waals surface area (Å²) in [6, 6.07) is 5.20. The van der Waals surface area contributed by atoms with Crippen LogP contribution < -0.4 is 10.6 Å². The number of anilines is 2. The van der Waals surface area contributed by atoms with Crippen LogP contribution in [0.2, 0.25) is 0 Å². The summed E-state index contributed by atoms with van der Waals surface area (Å²) >= 11 is 0. The summed E-state index contributed by atoms with van der Waals surface area (Å²) in [6.07, 6.45) is 0. The number of nitrogens with two attached hydrogens (primary N) is 1. The van der Waals surface area contributed by atoms with Crippen LogP contribution in [0.15, 0.2) is 34.1 Å². The monoisotopic (exact) mass is 419 g/mol. The Morgan fingerprint density at radius 2 is 2.00 bits per heavy atom. The van der Waals surface area contributed by atoms with Crippen molar-refractivity contribution in [1.29, 1.82) is 0 Å². The summed E-state index contributed by atoms with van der Waals surface area (Å²) in [5.41, 5.74) is 6.23. The lowest BCUT2D eigenvalue weighted by molar-refractivity contribution is -0.0278. The van der Waals surface area contributed by atoms with E-state index in [0.717, 1.165) is 6.07 Å². The second-order valence-electron chi connectivity index (χ2n) is 7.65. The number of nitrogens with one attached hydrogen (secondary N) is 1. The quantitative estimate of drug-likeness (QED) is 0.670. The number of hydrogen-bond donors (Lipinski definition) is 2. The highest BCUT2D eigenvalue weighted by Gasteiger charge is 2.33. The zero-order valence-corrected chi connectivity index (χ0v) is 17.2. The molecule has 0 amide bonds. The van der Waals surface area contributed by atoms with Gasteiger partial charge in [0.15, 0.2) is 5.82 Å². The zero-order valence-electron chi connectivity index (χ0n) is 16.4. The van der Waals surface area contributed by atoms with E-state index >= 15 is 0 Å². The van der Waals surface area contributed by atoms with Crippen molar-refractivity contribution in [3.63, 3.8) is 0 Å². The number of ether oxygens (including phenoxy) is 1. The van der Waals surface area contributed by atoms with Gasteiger partial charge in [0.25, 0.3) is 0 Å². The van der Waals surface area contributed by atoms with Crippen molar-refractivity contribution in [1.82, 2.24) is 15.0 Å². The summed E-state index contributed by atoms with van der Waals surface area (Å²) < 4.78 is 46.5. The second-order valence-corrected chi connectivity index (χ2v) is 9.50. The highest BCUT2D eigenvalue weighted by Crippen LogP contribution is 2.37. The first-order valence-corrected chi connectivity index (χ1v) is 10.6. The zero-order chi connectivity index (χ0) is 21.0. The van der Waals surface area contributed by atoms with E-state index in [2.05, 4.69) is 15.0 Å². The summed E-state index contributed by atoms with van der Waals surface area (Å²) in [7, 11) is -4.24. The number of H-pyrrole nitrogens is 1. The number of aromatic amines is 1. The van der Waals surface area contributed by atoms with Gasteiger partial charge in [0, 0.05) is 13.1 Å². The number of aryl methyl sites for hydroxylation is 1. The molecule has 0 aliphatic carbocycles. The van der Waals surface area contributed by atoms with Crippen LogP contribution in [0.4, 0.5) is 16.0 Å². The Labute approximate surface area is 167 Å². The third kappa shape index (κ3) is 3.32. The second kappa shape index (κ2) is 6.67. The highest BCUT2D eigenvalue weighted by atomic mass is 32.2. The molecule has 2 aromatic heterocycles. The predicted octanol–water partition coefficient (Wildman–Crippen LogP) is 2.44. The Kier molecular flexibility index (Phi) is 4.50. The van der Waals surface area contributed by atoms with Gasteiger partial charge in [0.2, 0.25) is 9.84 Å². The van der Waals surface area contributed by atoms with Crippen LogP contribution in [0.25, 0.3) is 11.0 Å². The molecule has 4 rings (SSSR count). The molecule has 0 unspecified atom stereocenters. The smallest absolute Gasteiger partial charge is 0.215 e. The minimum atomic E-state index is -4.24. The molecule has 1 aromatic carbocycles. The average Bonchev–Trinajstić information content (AvgIpc) is 2.96. The molecular weight excluding hydrogens is 397 g/mol. The van der Waals surface area contributed by atoms with Crippen LogP contribution in [-0.4, -0.2) is 48.7 Å². The van der Waals surface area contributed by atoms with Gasteiger partial charge in [-0.1, -0.05) is 12.1 Å². The van der Waals surface area contributed by atoms with Gasteiger partial charge in [0.1, 0.15) is 38.3 Å². The molecule has 29 heavy (non-hydrogen) atoms. The highest BCUT2D eigenvalue weighted by molar-refractivity contribution is 7.92. The van der Waals surface area contributed by atoms with Gasteiger partial charge < -0.3 is 20.4 Å². The molecule has 1 saturated heterocycles. The van der Waals surface area contributed by atoms with Gasteiger partial charge in [-0.3, -0.25) is 0 Å². The third-order valence-corrected chi connectivity index (χ3v) is 6.70. The van der Waals surface area contributed by atoms with Crippen LogP contribution in [0, 0.1) is 12.7 Å². The fraction of sp³-hybridized carbons (Fsp3) is 0.368. The molecule has 1 fully saturated rings. The van der Waals surface area contributed by atoms with E-state index in [9.17, 15) is 12.8 Å². The van der Waals surface area contributed by atoms with Crippen molar-refractivity contribution in [2.75, 3.05) is 30.3 Å². The molecular formula is C19H22FN5O3S. The lowest BCUT2D eigenvalue weighted by Crippen LogP contribution is -2.48. The van der Waals surface area contributed by atoms with Gasteiger partial charge in [-0.15, -0.1) is 0 Å². The number of sulfone groups is 1. The standard InChI is InChI=1S/C19H22FN5O3S/c1-11-22-14-15(18(23-11)25-8-9-28-19(2,3)10-25)24-17(21)16(14)29(26,27)13-7-5-4-6-12(13)20/h4-7,24H,8-10,21H2,1-3H3. The molecule has 0 radical (unpaired) electrons. The summed E-state index contributed by atoms with van der Waals surface area (Å²) in [6.45, 7) is 7.28. The summed E-state index contributed by atoms with van der Waals surface area (Å²) in [5.74, 6) is -0.00885. The number of fused-ring (bicyclic) bond motifs is 1. The number of nitrogens with zero attached hydrogens (tertiary/aromatic N) is 3. The van der Waals surface area contributed by atoms with E-state index in [1.165, 1.54) is 18.2 Å². The third-order valence-electron chi connectivity index (χ3n) is 4.84. The fourth-order valence-electron chi connectivity index (χ4n) is 3.63. The first kappa shape index (κ1) is 19.6. The number of nitrogen functional groups attached to an aromatic ring is 1. The molecule has 8 nitrogen and oxygen atoms in total. The molecule has 0 saturated carbocycles. The maximum absolute atomic E-state index is 14.3. The lowest BCUT2D eigenvalue weighted by Gasteiger charge is -2.38. The number of rotatable bonds is 3. The Morgan fingerprint density at radius 1 is 1.28 bits per heavy atom. The minimum Gasteiger partial charge on any atom is -0.384 e. The van der Waals surface area contributed by atoms with Gasteiger partial charge in [0.05, 0.1) is 12.2 Å². The Morgan fingerprint density at radius 3 is 2.69 bits per heavy atom. The topological polar surface area (TPSA) is 114 Å². The van der Waals surface area contributed by atoms with E-state index < -0.39 is 20.5 Å². The molecule has 3 N–H and O–H groups in total. The Balaban J connectivity index is 1.94. The van der Waals surface area contributed by atoms with Crippen LogP contribution in [0.3, 0.4) is 0 Å². The van der Waals surface area contributed by atoms with Crippen LogP contribution >= 0.6 is 0 Å². The largest absolute Gasteiger partial charge is 0.384 e. The number of morpholine rings is 1. The molecule has 1 aliphatic rings. The van der Waals surface area contributed by atoms with E-state index in [1.807, 2.05) is 18.7 Å². The minimum absolute atomic E-state index is 0.100. The summed E-state index contributed by atoms with van der Waals surface area (Å²) in [4.78, 5) is 13.1. The normalized spacial score (nSPS) is 17.0. The van der Waals surface area contributed by atoms with Gasteiger partial charge in [-0.05, 0) is 32.9 Å². The van der Waals surface area contributed by atoms with E-state index in [-0.39, 0.29) is 21.8 Å². The summed E-state index contributed by atoms with van der Waals surface area (Å²) in [5, 5.41) is 0. The predicted molar refractivity (Wildman–Crippen MR) is 107 cm³/mol. The first-order chi connectivity index (χ1) is 13.6. The average molecular weight is 419 g/mol. The van der Waals surface area contributed by atoms with Crippen molar-refractivity contribution in [3.05, 3.63) is 35.9 Å². The number of hydrogen-bond acceptors (Lipinski definition) is 7. The van der Waals surface area contributed by atoms with E-state index in [4.69, 9.17) is 10.5 Å². The van der Waals surface area contributed by atoms with E-state index in [1.54, 1.807) is 6.92 Å². The fourth-order valence-corrected chi connectivity index (χ4v) is 5.17. The van der Waals surface area contributed by atoms with Crippen molar-refractivity contribution < 1.29 is 17.5 Å². The molecule has 10 heteroatoms. The van der Waals surface area contributed by atoms with E-state index in [0.29, 0.717) is 36.9 Å². The first-order valence-electron chi connectivity index (χ1n) is 9.14. The van der Waals surface area contributed by atoms with Crippen LogP contribution in [0.1, 0.15) is 19.7 Å². The van der Waals surface area contributed by atoms with Crippen molar-refractivity contribution in [2.24, 2.45) is 0 Å². The molecule has 0 atom stereocenters. The molecule has 154 valence electrons. The number of aromatic nitrogens is 3. The molecule has 1 aliphatic heterocycles. The van der Waals surface area contributed by atoms with Crippen LogP contribution in [0.5, 0.6) is 0 Å². The van der Waals surface area contributed by atoms with Crippen molar-refractivity contribution in [2.45, 2.75) is 36.2 Å². The lowest BCUT2D eigenvalue weighted by atomic mass is 10.1. The number of halogens is 1. The molecule has 0 bridgehead atoms. The van der Waals surface area contributed by atoms with Crippen LogP contribution in [-0.2, 0) is 14.6 Å².